The number of aromatic nitrogens is 2. The topological polar surface area (TPSA) is 33.1 Å². The zero-order valence-electron chi connectivity index (χ0n) is 12.5. The molecular weight excluding hydrogens is 248 g/mol. The minimum Gasteiger partial charge on any atom is -0.307 e. The highest BCUT2D eigenvalue weighted by Crippen LogP contribution is 2.32. The van der Waals surface area contributed by atoms with Crippen LogP contribution >= 0.6 is 0 Å². The van der Waals surface area contributed by atoms with E-state index in [-0.39, 0.29) is 0 Å². The number of hydrogen-bond acceptors (Lipinski definition) is 3. The summed E-state index contributed by atoms with van der Waals surface area (Å²) in [7, 11) is 2.08. The second-order valence-corrected chi connectivity index (χ2v) is 6.84. The van der Waals surface area contributed by atoms with Crippen LogP contribution in [-0.4, -0.2) is 39.9 Å². The molecule has 0 saturated carbocycles. The number of nitrogens with one attached hydrogen (secondary N) is 1. The van der Waals surface area contributed by atoms with Gasteiger partial charge >= 0.3 is 0 Å². The molecule has 0 radical (unpaired) electrons. The molecule has 2 aliphatic heterocycles. The largest absolute Gasteiger partial charge is 0.307 e. The van der Waals surface area contributed by atoms with E-state index in [4.69, 9.17) is 0 Å². The Morgan fingerprint density at radius 2 is 2.15 bits per heavy atom. The van der Waals surface area contributed by atoms with E-state index in [1.54, 1.807) is 0 Å². The van der Waals surface area contributed by atoms with Crippen molar-refractivity contribution in [3.8, 4) is 0 Å². The van der Waals surface area contributed by atoms with Crippen LogP contribution in [0.1, 0.15) is 55.8 Å². The molecule has 3 unspecified atom stereocenters. The number of aryl methyl sites for hydroxylation is 1. The summed E-state index contributed by atoms with van der Waals surface area (Å²) in [5, 5.41) is 8.42. The van der Waals surface area contributed by atoms with Crippen LogP contribution in [0.25, 0.3) is 0 Å². The Morgan fingerprint density at radius 3 is 3.10 bits per heavy atom. The zero-order chi connectivity index (χ0) is 13.5. The van der Waals surface area contributed by atoms with E-state index >= 15 is 0 Å². The quantitative estimate of drug-likeness (QED) is 0.895. The van der Waals surface area contributed by atoms with Crippen LogP contribution in [0.4, 0.5) is 0 Å². The highest BCUT2D eigenvalue weighted by Gasteiger charge is 2.33. The van der Waals surface area contributed by atoms with Gasteiger partial charge in [-0.3, -0.25) is 4.68 Å². The van der Waals surface area contributed by atoms with E-state index in [2.05, 4.69) is 33.2 Å². The fourth-order valence-electron chi connectivity index (χ4n) is 4.54. The molecule has 110 valence electrons. The van der Waals surface area contributed by atoms with Crippen molar-refractivity contribution in [2.45, 2.75) is 63.1 Å². The molecule has 1 N–H and O–H groups in total. The first-order valence-corrected chi connectivity index (χ1v) is 8.32. The molecule has 3 heterocycles. The van der Waals surface area contributed by atoms with Crippen LogP contribution in [0, 0.1) is 0 Å². The maximum Gasteiger partial charge on any atom is 0.0540 e. The summed E-state index contributed by atoms with van der Waals surface area (Å²) in [5.74, 6) is 0. The molecule has 0 bridgehead atoms. The van der Waals surface area contributed by atoms with Crippen molar-refractivity contribution in [2.24, 2.45) is 7.05 Å². The van der Waals surface area contributed by atoms with Gasteiger partial charge in [0.25, 0.3) is 0 Å². The summed E-state index contributed by atoms with van der Waals surface area (Å²) in [5.41, 5.74) is 2.92. The lowest BCUT2D eigenvalue weighted by molar-refractivity contribution is 0.159. The predicted molar refractivity (Wildman–Crippen MR) is 79.6 cm³/mol. The fourth-order valence-corrected chi connectivity index (χ4v) is 4.54. The molecule has 20 heavy (non-hydrogen) atoms. The summed E-state index contributed by atoms with van der Waals surface area (Å²) in [4.78, 5) is 2.70. The maximum atomic E-state index is 4.46. The third kappa shape index (κ3) is 2.19. The van der Waals surface area contributed by atoms with E-state index in [0.29, 0.717) is 12.1 Å². The Bertz CT molecular complexity index is 481. The van der Waals surface area contributed by atoms with E-state index in [1.165, 1.54) is 69.3 Å². The minimum absolute atomic E-state index is 0.547. The molecule has 0 amide bonds. The molecule has 3 aliphatic rings. The van der Waals surface area contributed by atoms with Gasteiger partial charge in [-0.15, -0.1) is 0 Å². The summed E-state index contributed by atoms with van der Waals surface area (Å²) < 4.78 is 2.07. The monoisotopic (exact) mass is 274 g/mol. The molecule has 2 fully saturated rings. The van der Waals surface area contributed by atoms with Gasteiger partial charge in [0.15, 0.2) is 0 Å². The van der Waals surface area contributed by atoms with Crippen molar-refractivity contribution < 1.29 is 0 Å². The molecule has 3 atom stereocenters. The Balaban J connectivity index is 1.45. The van der Waals surface area contributed by atoms with Gasteiger partial charge in [-0.2, -0.15) is 5.10 Å². The molecule has 4 rings (SSSR count). The Labute approximate surface area is 121 Å². The number of fused-ring (bicyclic) bond motifs is 2. The van der Waals surface area contributed by atoms with Crippen molar-refractivity contribution in [1.29, 1.82) is 0 Å². The van der Waals surface area contributed by atoms with Crippen LogP contribution in [0.2, 0.25) is 0 Å². The van der Waals surface area contributed by atoms with Crippen molar-refractivity contribution in [3.63, 3.8) is 0 Å². The Morgan fingerprint density at radius 1 is 1.20 bits per heavy atom. The van der Waals surface area contributed by atoms with Gasteiger partial charge in [0.2, 0.25) is 0 Å². The van der Waals surface area contributed by atoms with Gasteiger partial charge in [-0.25, -0.2) is 0 Å². The van der Waals surface area contributed by atoms with Crippen molar-refractivity contribution in [2.75, 3.05) is 13.1 Å². The van der Waals surface area contributed by atoms with Gasteiger partial charge in [0.1, 0.15) is 0 Å². The van der Waals surface area contributed by atoms with Gasteiger partial charge in [-0.05, 0) is 58.0 Å². The first kappa shape index (κ1) is 12.8. The van der Waals surface area contributed by atoms with Crippen LogP contribution in [-0.2, 0) is 13.5 Å². The molecule has 4 heteroatoms. The van der Waals surface area contributed by atoms with E-state index in [1.807, 2.05) is 0 Å². The SMILES string of the molecule is Cn1ncc2c1CCCC2NC1CCN2CCCC2C1. The molecule has 0 aromatic carbocycles. The predicted octanol–water partition coefficient (Wildman–Crippen LogP) is 2.01. The van der Waals surface area contributed by atoms with Gasteiger partial charge in [-0.1, -0.05) is 0 Å². The minimum atomic E-state index is 0.547. The smallest absolute Gasteiger partial charge is 0.0540 e. The van der Waals surface area contributed by atoms with Crippen molar-refractivity contribution in [1.82, 2.24) is 20.0 Å². The number of piperidine rings is 1. The lowest BCUT2D eigenvalue weighted by Gasteiger charge is -2.37. The van der Waals surface area contributed by atoms with E-state index in [0.717, 1.165) is 6.04 Å². The Kier molecular flexibility index (Phi) is 3.31. The highest BCUT2D eigenvalue weighted by atomic mass is 15.3. The van der Waals surface area contributed by atoms with E-state index < -0.39 is 0 Å². The maximum absolute atomic E-state index is 4.46. The third-order valence-electron chi connectivity index (χ3n) is 5.63. The molecule has 4 nitrogen and oxygen atoms in total. The number of rotatable bonds is 2. The Hall–Kier alpha value is -0.870. The van der Waals surface area contributed by atoms with Crippen LogP contribution in [0.15, 0.2) is 6.20 Å². The molecule has 1 aliphatic carbocycles. The summed E-state index contributed by atoms with van der Waals surface area (Å²) in [6.45, 7) is 2.64. The van der Waals surface area contributed by atoms with Gasteiger partial charge in [0, 0.05) is 36.4 Å². The van der Waals surface area contributed by atoms with Crippen LogP contribution in [0.3, 0.4) is 0 Å². The molecular formula is C16H26N4. The second-order valence-electron chi connectivity index (χ2n) is 6.84. The summed E-state index contributed by atoms with van der Waals surface area (Å²) >= 11 is 0. The normalized spacial score (nSPS) is 34.0. The highest BCUT2D eigenvalue weighted by molar-refractivity contribution is 5.24. The molecule has 1 aromatic heterocycles. The fraction of sp³-hybridized carbons (Fsp3) is 0.812. The standard InChI is InChI=1S/C16H26N4/c1-19-16-6-2-5-15(14(16)11-17-19)18-12-7-9-20-8-3-4-13(20)10-12/h11-13,15,18H,2-10H2,1H3. The van der Waals surface area contributed by atoms with Crippen LogP contribution < -0.4 is 5.32 Å². The average molecular weight is 274 g/mol. The average Bonchev–Trinajstić information content (AvgIpc) is 3.06. The van der Waals surface area contributed by atoms with Gasteiger partial charge < -0.3 is 10.2 Å². The summed E-state index contributed by atoms with van der Waals surface area (Å²) in [6.07, 6.45) is 11.4. The van der Waals surface area contributed by atoms with Crippen LogP contribution in [0.5, 0.6) is 0 Å². The number of nitrogens with zero attached hydrogens (tertiary/aromatic N) is 3. The number of hydrogen-bond donors (Lipinski definition) is 1. The zero-order valence-corrected chi connectivity index (χ0v) is 12.5. The summed E-state index contributed by atoms with van der Waals surface area (Å²) in [6, 6.07) is 2.12. The molecule has 2 saturated heterocycles. The first-order valence-electron chi connectivity index (χ1n) is 8.32. The lowest BCUT2D eigenvalue weighted by atomic mass is 9.90. The van der Waals surface area contributed by atoms with E-state index in [9.17, 15) is 0 Å². The molecule has 1 aromatic rings. The van der Waals surface area contributed by atoms with Gasteiger partial charge in [0.05, 0.1) is 6.20 Å². The van der Waals surface area contributed by atoms with Crippen molar-refractivity contribution in [3.05, 3.63) is 17.5 Å². The lowest BCUT2D eigenvalue weighted by Crippen LogP contribution is -2.46. The van der Waals surface area contributed by atoms with Crippen molar-refractivity contribution >= 4 is 0 Å². The first-order chi connectivity index (χ1) is 9.81. The molecule has 0 spiro atoms. The second kappa shape index (κ2) is 5.15. The third-order valence-corrected chi connectivity index (χ3v) is 5.63.